The van der Waals surface area contributed by atoms with Gasteiger partial charge in [0.2, 0.25) is 5.91 Å². The van der Waals surface area contributed by atoms with Crippen LogP contribution in [0.5, 0.6) is 5.75 Å². The highest BCUT2D eigenvalue weighted by molar-refractivity contribution is 6.91. The fourth-order valence-electron chi connectivity index (χ4n) is 11.1. The van der Waals surface area contributed by atoms with Crippen molar-refractivity contribution in [2.45, 2.75) is 69.2 Å². The van der Waals surface area contributed by atoms with Crippen molar-refractivity contribution in [1.29, 1.82) is 0 Å². The zero-order chi connectivity index (χ0) is 42.2. The number of methoxy groups -OCH3 is 1. The fraction of sp³-hybridized carbons (Fsp3) is 0.275. The Morgan fingerprint density at radius 1 is 0.852 bits per heavy atom. The van der Waals surface area contributed by atoms with E-state index >= 15 is 4.79 Å². The van der Waals surface area contributed by atoms with Crippen LogP contribution in [0.3, 0.4) is 0 Å². The lowest BCUT2D eigenvalue weighted by Crippen LogP contribution is -2.52. The number of ether oxygens (including phenoxy) is 2. The summed E-state index contributed by atoms with van der Waals surface area (Å²) in [7, 11) is -0.875. The summed E-state index contributed by atoms with van der Waals surface area (Å²) in [6.45, 7) is 7.30. The molecule has 0 radical (unpaired) electrons. The van der Waals surface area contributed by atoms with E-state index in [4.69, 9.17) is 9.47 Å². The maximum atomic E-state index is 15.5. The molecule has 308 valence electrons. The highest BCUT2D eigenvalue weighted by Crippen LogP contribution is 2.60. The van der Waals surface area contributed by atoms with Crippen LogP contribution in [0.1, 0.15) is 46.0 Å². The topological polar surface area (TPSA) is 99.6 Å². The van der Waals surface area contributed by atoms with Crippen molar-refractivity contribution in [2.24, 2.45) is 5.92 Å². The summed E-state index contributed by atoms with van der Waals surface area (Å²) >= 11 is 0. The lowest BCUT2D eigenvalue weighted by molar-refractivity contribution is -0.151. The largest absolute Gasteiger partial charge is 0.497 e. The summed E-state index contributed by atoms with van der Waals surface area (Å²) in [4.78, 5) is 49.5. The lowest BCUT2D eigenvalue weighted by Gasteiger charge is -2.39. The molecule has 4 aliphatic rings. The van der Waals surface area contributed by atoms with Crippen LogP contribution in [0.15, 0.2) is 133 Å². The minimum Gasteiger partial charge on any atom is -0.497 e. The van der Waals surface area contributed by atoms with Gasteiger partial charge in [0, 0.05) is 29.1 Å². The summed E-state index contributed by atoms with van der Waals surface area (Å²) in [5.41, 5.74) is 5.47. The van der Waals surface area contributed by atoms with E-state index in [0.29, 0.717) is 18.5 Å². The number of anilines is 3. The van der Waals surface area contributed by atoms with Gasteiger partial charge in [0.1, 0.15) is 5.75 Å². The van der Waals surface area contributed by atoms with Gasteiger partial charge in [-0.05, 0) is 76.5 Å². The van der Waals surface area contributed by atoms with Gasteiger partial charge in [0.05, 0.1) is 63.8 Å². The normalized spacial score (nSPS) is 22.9. The third-order valence-corrected chi connectivity index (χ3v) is 18.4. The van der Waals surface area contributed by atoms with Gasteiger partial charge >= 0.3 is 0 Å². The first-order chi connectivity index (χ1) is 29.5. The molecule has 4 heterocycles. The number of carbonyl (C=O) groups is 3. The molecule has 1 fully saturated rings. The summed E-state index contributed by atoms with van der Waals surface area (Å²) in [6, 6.07) is 43.6. The summed E-state index contributed by atoms with van der Waals surface area (Å²) < 4.78 is 12.9. The summed E-state index contributed by atoms with van der Waals surface area (Å²) in [5.74, 6) is 0.155. The maximum absolute atomic E-state index is 15.5. The molecule has 0 aromatic heterocycles. The molecular weight excluding hydrogens is 779 g/mol. The van der Waals surface area contributed by atoms with Crippen LogP contribution in [-0.2, 0) is 39.4 Å². The number of fused-ring (bicyclic) bond motifs is 3. The van der Waals surface area contributed by atoms with Crippen LogP contribution < -0.4 is 19.7 Å². The Morgan fingerprint density at radius 2 is 1.56 bits per heavy atom. The van der Waals surface area contributed by atoms with E-state index in [1.165, 1.54) is 5.19 Å². The molecule has 10 rings (SSSR count). The Kier molecular flexibility index (Phi) is 9.50. The second-order valence-electron chi connectivity index (χ2n) is 17.6. The average Bonchev–Trinajstić information content (AvgIpc) is 3.84. The number of hydrogen-bond donors (Lipinski definition) is 1. The third-order valence-electron chi connectivity index (χ3n) is 14.1. The molecule has 5 atom stereocenters. The maximum Gasteiger partial charge on any atom is 0.264 e. The Hall–Kier alpha value is -6.07. The molecule has 0 bridgehead atoms. The molecule has 10 heteroatoms. The third kappa shape index (κ3) is 6.06. The smallest absolute Gasteiger partial charge is 0.264 e. The minimum atomic E-state index is -2.53. The molecule has 1 saturated heterocycles. The second kappa shape index (κ2) is 14.8. The van der Waals surface area contributed by atoms with Crippen LogP contribution in [-0.4, -0.2) is 61.7 Å². The molecule has 61 heavy (non-hydrogen) atoms. The van der Waals surface area contributed by atoms with Crippen molar-refractivity contribution in [1.82, 2.24) is 4.90 Å². The Balaban J connectivity index is 1.01. The molecule has 1 spiro atoms. The zero-order valence-corrected chi connectivity index (χ0v) is 35.9. The number of hydrogen-bond acceptors (Lipinski definition) is 6. The Bertz CT molecular complexity index is 2730. The first-order valence-electron chi connectivity index (χ1n) is 21.2. The summed E-state index contributed by atoms with van der Waals surface area (Å²) in [6.07, 6.45) is 0.0862. The van der Waals surface area contributed by atoms with E-state index in [1.807, 2.05) is 119 Å². The Morgan fingerprint density at radius 3 is 2.33 bits per heavy atom. The van der Waals surface area contributed by atoms with Crippen molar-refractivity contribution in [2.75, 3.05) is 23.5 Å². The second-order valence-corrected chi connectivity index (χ2v) is 22.3. The number of rotatable bonds is 9. The fourth-order valence-corrected chi connectivity index (χ4v) is 15.1. The first kappa shape index (κ1) is 39.1. The molecule has 9 nitrogen and oxygen atoms in total. The number of para-hydroxylation sites is 1. The molecule has 4 aliphatic heterocycles. The number of aliphatic hydroxyl groups excluding tert-OH is 1. The highest BCUT2D eigenvalue weighted by Gasteiger charge is 2.66. The first-order valence-corrected chi connectivity index (χ1v) is 24.3. The Labute approximate surface area is 357 Å². The molecule has 0 aliphatic carbocycles. The van der Waals surface area contributed by atoms with Crippen molar-refractivity contribution < 1.29 is 29.0 Å². The molecule has 1 N–H and O–H groups in total. The monoisotopic (exact) mass is 827 g/mol. The van der Waals surface area contributed by atoms with E-state index in [9.17, 15) is 14.7 Å². The number of amides is 3. The SMILES string of the molecule is COc1ccc([Si](C)(C)[C@@H]2[C@@H](CC(=O)N3Cc4ccccc4C[C@H]3CO)O[C@]3(C(=O)N(Cc4cccc(N5C(=O)c6cccc7cccc5c67)c4)c4ccccc43)[C@H]2C)cc1. The van der Waals surface area contributed by atoms with E-state index in [-0.39, 0.29) is 54.8 Å². The van der Waals surface area contributed by atoms with Gasteiger partial charge in [-0.1, -0.05) is 116 Å². The predicted octanol–water partition coefficient (Wildman–Crippen LogP) is 8.24. The van der Waals surface area contributed by atoms with Crippen molar-refractivity contribution >= 4 is 58.8 Å². The van der Waals surface area contributed by atoms with E-state index < -0.39 is 19.8 Å². The average molecular weight is 828 g/mol. The van der Waals surface area contributed by atoms with E-state index in [0.717, 1.165) is 55.8 Å². The van der Waals surface area contributed by atoms with Crippen LogP contribution in [0, 0.1) is 5.92 Å². The highest BCUT2D eigenvalue weighted by atomic mass is 28.3. The molecule has 0 unspecified atom stereocenters. The lowest BCUT2D eigenvalue weighted by atomic mass is 9.82. The van der Waals surface area contributed by atoms with Gasteiger partial charge in [-0.25, -0.2) is 0 Å². The quantitative estimate of drug-likeness (QED) is 0.148. The van der Waals surface area contributed by atoms with Crippen LogP contribution in [0.25, 0.3) is 10.8 Å². The molecule has 0 saturated carbocycles. The molecular formula is C51H49N3O6Si. The van der Waals surface area contributed by atoms with Crippen LogP contribution >= 0.6 is 0 Å². The van der Waals surface area contributed by atoms with Crippen LogP contribution in [0.2, 0.25) is 18.6 Å². The predicted molar refractivity (Wildman–Crippen MR) is 240 cm³/mol. The van der Waals surface area contributed by atoms with Crippen LogP contribution in [0.4, 0.5) is 17.1 Å². The van der Waals surface area contributed by atoms with Gasteiger partial charge in [-0.15, -0.1) is 0 Å². The standard InChI is InChI=1S/C51H49N3O6Si/c1-32-48(61(3,4)40-24-22-39(59-2)23-25-40)45(28-46(56)52-30-36-14-6-5-13-35(36)27-38(52)31-55)60-51(32)42-19-7-8-20-43(42)53(50(51)58)29-33-12-9-17-37(26-33)54-44-21-11-16-34-15-10-18-41(47(34)44)49(54)57/h5-26,32,38,45,48,55H,27-31H2,1-4H3/t32-,38-,45+,48-,51+/m0/s1. The van der Waals surface area contributed by atoms with E-state index in [2.05, 4.69) is 44.3 Å². The molecule has 6 aromatic carbocycles. The van der Waals surface area contributed by atoms with Gasteiger partial charge in [0.15, 0.2) is 5.60 Å². The van der Waals surface area contributed by atoms with Gasteiger partial charge < -0.3 is 24.4 Å². The van der Waals surface area contributed by atoms with Crippen molar-refractivity contribution in [3.8, 4) is 5.75 Å². The van der Waals surface area contributed by atoms with E-state index in [1.54, 1.807) is 12.0 Å². The number of nitrogens with zero attached hydrogens (tertiary/aromatic N) is 3. The number of aliphatic hydroxyl groups is 1. The number of carbonyl (C=O) groups excluding carboxylic acids is 3. The van der Waals surface area contributed by atoms with Gasteiger partial charge in [-0.2, -0.15) is 0 Å². The van der Waals surface area contributed by atoms with Gasteiger partial charge in [-0.3, -0.25) is 19.3 Å². The molecule has 3 amide bonds. The molecule has 6 aromatic rings. The van der Waals surface area contributed by atoms with Crippen molar-refractivity contribution in [3.05, 3.63) is 161 Å². The van der Waals surface area contributed by atoms with Crippen molar-refractivity contribution in [3.63, 3.8) is 0 Å². The number of benzene rings is 6. The van der Waals surface area contributed by atoms with Gasteiger partial charge in [0.25, 0.3) is 11.8 Å². The summed E-state index contributed by atoms with van der Waals surface area (Å²) in [5, 5.41) is 13.7. The zero-order valence-electron chi connectivity index (χ0n) is 34.9. The minimum absolute atomic E-state index is 0.0759.